The second kappa shape index (κ2) is 8.00. The smallest absolute Gasteiger partial charge is 0.409 e. The van der Waals surface area contributed by atoms with E-state index < -0.39 is 0 Å². The number of thiophene rings is 1. The fourth-order valence-corrected chi connectivity index (χ4v) is 5.46. The quantitative estimate of drug-likeness (QED) is 0.671. The molecule has 1 aliphatic carbocycles. The van der Waals surface area contributed by atoms with Crippen LogP contribution >= 0.6 is 11.3 Å². The Hall–Kier alpha value is -2.45. The molecule has 0 unspecified atom stereocenters. The number of amides is 1. The van der Waals surface area contributed by atoms with Gasteiger partial charge < -0.3 is 19.9 Å². The number of likely N-dealkylation sites (tertiary alicyclic amines) is 1. The number of benzene rings is 1. The summed E-state index contributed by atoms with van der Waals surface area (Å²) < 4.78 is 6.84. The van der Waals surface area contributed by atoms with Gasteiger partial charge in [-0.3, -0.25) is 0 Å². The van der Waals surface area contributed by atoms with Crippen molar-refractivity contribution in [2.45, 2.75) is 44.2 Å². The molecule has 1 N–H and O–H groups in total. The van der Waals surface area contributed by atoms with Crippen molar-refractivity contribution in [2.75, 3.05) is 32.5 Å². The fourth-order valence-electron chi connectivity index (χ4n) is 4.40. The standard InChI is InChI=1S/C22H27N5O2S/c1-26(2)15-9-7-14(8-10-15)25-20-19-18-16(29-22(28)27-11-4-12-27)5-3-6-17(18)30-21(19)24-13-23-20/h3,5-6,13-15H,4,7-12H2,1-2H3,(H,23,24,25). The molecule has 0 bridgehead atoms. The molecule has 1 saturated carbocycles. The van der Waals surface area contributed by atoms with Crippen molar-refractivity contribution in [1.82, 2.24) is 19.8 Å². The third kappa shape index (κ3) is 3.58. The third-order valence-corrected chi connectivity index (χ3v) is 7.40. The maximum absolute atomic E-state index is 12.4. The summed E-state index contributed by atoms with van der Waals surface area (Å²) in [5.41, 5.74) is 0. The van der Waals surface area contributed by atoms with Crippen molar-refractivity contribution >= 4 is 43.6 Å². The van der Waals surface area contributed by atoms with Gasteiger partial charge in [0.1, 0.15) is 22.7 Å². The Morgan fingerprint density at radius 2 is 1.97 bits per heavy atom. The molecule has 1 aliphatic heterocycles. The number of hydrogen-bond acceptors (Lipinski definition) is 7. The Morgan fingerprint density at radius 1 is 1.17 bits per heavy atom. The van der Waals surface area contributed by atoms with Crippen LogP contribution in [0.5, 0.6) is 5.75 Å². The fraction of sp³-hybridized carbons (Fsp3) is 0.500. The van der Waals surface area contributed by atoms with Crippen LogP contribution in [0.25, 0.3) is 20.3 Å². The van der Waals surface area contributed by atoms with Crippen molar-refractivity contribution in [3.05, 3.63) is 24.5 Å². The van der Waals surface area contributed by atoms with Crippen LogP contribution in [0.2, 0.25) is 0 Å². The number of carbonyl (C=O) groups is 1. The maximum Gasteiger partial charge on any atom is 0.415 e. The average molecular weight is 426 g/mol. The number of ether oxygens (including phenoxy) is 1. The predicted octanol–water partition coefficient (Wildman–Crippen LogP) is 4.33. The van der Waals surface area contributed by atoms with Gasteiger partial charge in [-0.25, -0.2) is 14.8 Å². The molecule has 1 amide bonds. The molecule has 2 aromatic heterocycles. The number of nitrogens with one attached hydrogen (secondary N) is 1. The summed E-state index contributed by atoms with van der Waals surface area (Å²) >= 11 is 1.61. The number of nitrogens with zero attached hydrogens (tertiary/aromatic N) is 4. The highest BCUT2D eigenvalue weighted by molar-refractivity contribution is 7.25. The minimum Gasteiger partial charge on any atom is -0.409 e. The third-order valence-electron chi connectivity index (χ3n) is 6.34. The Morgan fingerprint density at radius 3 is 2.67 bits per heavy atom. The minimum atomic E-state index is -0.276. The zero-order chi connectivity index (χ0) is 20.7. The van der Waals surface area contributed by atoms with Crippen LogP contribution in [0.3, 0.4) is 0 Å². The molecular weight excluding hydrogens is 398 g/mol. The van der Waals surface area contributed by atoms with Gasteiger partial charge in [-0.05, 0) is 58.3 Å². The largest absolute Gasteiger partial charge is 0.415 e. The predicted molar refractivity (Wildman–Crippen MR) is 120 cm³/mol. The van der Waals surface area contributed by atoms with E-state index in [1.54, 1.807) is 22.6 Å². The Bertz CT molecular complexity index is 1070. The normalized spacial score (nSPS) is 21.8. The summed E-state index contributed by atoms with van der Waals surface area (Å²) in [6.45, 7) is 1.54. The molecule has 1 aromatic carbocycles. The van der Waals surface area contributed by atoms with E-state index in [0.717, 1.165) is 58.5 Å². The first-order valence-electron chi connectivity index (χ1n) is 10.7. The second-order valence-corrected chi connectivity index (χ2v) is 9.49. The van der Waals surface area contributed by atoms with E-state index in [4.69, 9.17) is 4.74 Å². The molecule has 3 aromatic rings. The first-order valence-corrected chi connectivity index (χ1v) is 11.5. The average Bonchev–Trinajstić information content (AvgIpc) is 3.07. The second-order valence-electron chi connectivity index (χ2n) is 8.46. The lowest BCUT2D eigenvalue weighted by molar-refractivity contribution is 0.125. The van der Waals surface area contributed by atoms with Gasteiger partial charge in [0.25, 0.3) is 0 Å². The zero-order valence-corrected chi connectivity index (χ0v) is 18.2. The minimum absolute atomic E-state index is 0.276. The Kier molecular flexibility index (Phi) is 5.20. The summed E-state index contributed by atoms with van der Waals surface area (Å²) in [7, 11) is 4.32. The number of anilines is 1. The van der Waals surface area contributed by atoms with E-state index in [0.29, 0.717) is 17.8 Å². The van der Waals surface area contributed by atoms with Crippen molar-refractivity contribution in [3.8, 4) is 5.75 Å². The molecule has 0 radical (unpaired) electrons. The molecule has 5 rings (SSSR count). The van der Waals surface area contributed by atoms with Crippen molar-refractivity contribution < 1.29 is 9.53 Å². The molecule has 3 heterocycles. The van der Waals surface area contributed by atoms with E-state index in [9.17, 15) is 4.79 Å². The van der Waals surface area contributed by atoms with Crippen LogP contribution in [0.15, 0.2) is 24.5 Å². The van der Waals surface area contributed by atoms with Gasteiger partial charge in [0.05, 0.1) is 5.39 Å². The number of fused-ring (bicyclic) bond motifs is 3. The highest BCUT2D eigenvalue weighted by Crippen LogP contribution is 2.42. The number of aromatic nitrogens is 2. The lowest BCUT2D eigenvalue weighted by Gasteiger charge is -2.33. The molecule has 0 spiro atoms. The summed E-state index contributed by atoms with van der Waals surface area (Å²) in [6, 6.07) is 6.90. The van der Waals surface area contributed by atoms with Crippen LogP contribution in [0.4, 0.5) is 10.6 Å². The summed E-state index contributed by atoms with van der Waals surface area (Å²) in [5, 5.41) is 5.56. The summed E-state index contributed by atoms with van der Waals surface area (Å²) in [4.78, 5) is 26.5. The summed E-state index contributed by atoms with van der Waals surface area (Å²) in [6.07, 6.45) is 6.99. The first kappa shape index (κ1) is 19.5. The lowest BCUT2D eigenvalue weighted by Crippen LogP contribution is -2.43. The number of hydrogen-bond donors (Lipinski definition) is 1. The van der Waals surface area contributed by atoms with Crippen LogP contribution in [-0.4, -0.2) is 65.1 Å². The first-order chi connectivity index (χ1) is 14.6. The summed E-state index contributed by atoms with van der Waals surface area (Å²) in [5.74, 6) is 1.43. The SMILES string of the molecule is CN(C)C1CCC(Nc2ncnc3sc4cccc(OC(=O)N5CCC5)c4c23)CC1. The lowest BCUT2D eigenvalue weighted by atomic mass is 9.90. The van der Waals surface area contributed by atoms with Crippen molar-refractivity contribution in [3.63, 3.8) is 0 Å². The zero-order valence-electron chi connectivity index (χ0n) is 17.4. The Balaban J connectivity index is 1.47. The maximum atomic E-state index is 12.4. The highest BCUT2D eigenvalue weighted by atomic mass is 32.1. The highest BCUT2D eigenvalue weighted by Gasteiger charge is 2.26. The van der Waals surface area contributed by atoms with Gasteiger partial charge in [-0.1, -0.05) is 6.07 Å². The molecule has 0 atom stereocenters. The van der Waals surface area contributed by atoms with Gasteiger partial charge >= 0.3 is 6.09 Å². The van der Waals surface area contributed by atoms with E-state index in [1.807, 2.05) is 12.1 Å². The Labute approximate surface area is 180 Å². The van der Waals surface area contributed by atoms with E-state index >= 15 is 0 Å². The molecule has 2 aliphatic rings. The molecule has 8 heteroatoms. The van der Waals surface area contributed by atoms with Crippen molar-refractivity contribution in [1.29, 1.82) is 0 Å². The van der Waals surface area contributed by atoms with Crippen LogP contribution < -0.4 is 10.1 Å². The molecule has 1 saturated heterocycles. The van der Waals surface area contributed by atoms with Gasteiger partial charge in [0.15, 0.2) is 0 Å². The van der Waals surface area contributed by atoms with E-state index in [2.05, 4.69) is 40.3 Å². The number of rotatable bonds is 4. The number of carbonyl (C=O) groups excluding carboxylic acids is 1. The molecule has 158 valence electrons. The van der Waals surface area contributed by atoms with Crippen LogP contribution in [0, 0.1) is 0 Å². The van der Waals surface area contributed by atoms with Gasteiger partial charge in [0.2, 0.25) is 0 Å². The van der Waals surface area contributed by atoms with Crippen LogP contribution in [0.1, 0.15) is 32.1 Å². The molecule has 2 fully saturated rings. The molecular formula is C22H27N5O2S. The monoisotopic (exact) mass is 425 g/mol. The van der Waals surface area contributed by atoms with Crippen LogP contribution in [-0.2, 0) is 0 Å². The topological polar surface area (TPSA) is 70.6 Å². The molecule has 30 heavy (non-hydrogen) atoms. The van der Waals surface area contributed by atoms with Crippen molar-refractivity contribution in [2.24, 2.45) is 0 Å². The van der Waals surface area contributed by atoms with Gasteiger partial charge in [-0.2, -0.15) is 0 Å². The van der Waals surface area contributed by atoms with Gasteiger partial charge in [-0.15, -0.1) is 11.3 Å². The van der Waals surface area contributed by atoms with E-state index in [1.165, 1.54) is 12.8 Å². The molecule has 7 nitrogen and oxygen atoms in total. The van der Waals surface area contributed by atoms with Gasteiger partial charge in [0, 0.05) is 35.3 Å². The van der Waals surface area contributed by atoms with E-state index in [-0.39, 0.29) is 6.09 Å².